The molecule has 1 atom stereocenters. The van der Waals surface area contributed by atoms with E-state index in [-0.39, 0.29) is 6.29 Å². The lowest BCUT2D eigenvalue weighted by Gasteiger charge is -2.27. The van der Waals surface area contributed by atoms with Crippen LogP contribution >= 0.6 is 0 Å². The molecule has 1 unspecified atom stereocenters. The first-order chi connectivity index (χ1) is 11.9. The summed E-state index contributed by atoms with van der Waals surface area (Å²) in [5, 5.41) is 0.954. The summed E-state index contributed by atoms with van der Waals surface area (Å²) >= 11 is 0. The Labute approximate surface area is 154 Å². The average Bonchev–Trinajstić information content (AvgIpc) is 2.55. The third-order valence-corrected chi connectivity index (χ3v) is 9.06. The molecule has 0 N–H and O–H groups in total. The molecule has 0 amide bonds. The van der Waals surface area contributed by atoms with E-state index in [0.717, 1.165) is 31.1 Å². The Bertz CT molecular complexity index is 485. The molecule has 1 heterocycles. The van der Waals surface area contributed by atoms with Crippen molar-refractivity contribution in [2.45, 2.75) is 71.8 Å². The fourth-order valence-electron chi connectivity index (χ4n) is 3.73. The standard InChI is InChI=1S/C21H35FO2Si/c1-17(2)15-25(22,16-18(3)4)20-10-8-19(9-11-20)12-14-24-21-7-5-6-13-23-21/h8-11,17-18,21H,5-7,12-16H2,1-4H3. The summed E-state index contributed by atoms with van der Waals surface area (Å²) in [5.74, 6) is 0.804. The van der Waals surface area contributed by atoms with Crippen molar-refractivity contribution in [3.8, 4) is 0 Å². The first-order valence-corrected chi connectivity index (χ1v) is 12.2. The van der Waals surface area contributed by atoms with Crippen molar-refractivity contribution in [2.75, 3.05) is 13.2 Å². The van der Waals surface area contributed by atoms with E-state index < -0.39 is 8.41 Å². The lowest BCUT2D eigenvalue weighted by molar-refractivity contribution is -0.161. The zero-order valence-electron chi connectivity index (χ0n) is 16.4. The Kier molecular flexibility index (Phi) is 8.11. The second-order valence-electron chi connectivity index (χ2n) is 8.28. The Morgan fingerprint density at radius 1 is 1.08 bits per heavy atom. The first-order valence-electron chi connectivity index (χ1n) is 9.90. The van der Waals surface area contributed by atoms with Crippen LogP contribution in [0, 0.1) is 11.8 Å². The van der Waals surface area contributed by atoms with Crippen LogP contribution in [-0.4, -0.2) is 27.9 Å². The van der Waals surface area contributed by atoms with E-state index in [4.69, 9.17) is 9.47 Å². The van der Waals surface area contributed by atoms with E-state index in [1.165, 1.54) is 12.0 Å². The number of ether oxygens (including phenoxy) is 2. The van der Waals surface area contributed by atoms with Gasteiger partial charge in [-0.25, -0.2) is 0 Å². The van der Waals surface area contributed by atoms with Gasteiger partial charge in [0.25, 0.3) is 8.41 Å². The summed E-state index contributed by atoms with van der Waals surface area (Å²) in [6, 6.07) is 9.66. The van der Waals surface area contributed by atoms with E-state index in [1.807, 2.05) is 12.1 Å². The van der Waals surface area contributed by atoms with Crippen LogP contribution in [0.1, 0.15) is 52.5 Å². The number of rotatable bonds is 9. The van der Waals surface area contributed by atoms with Gasteiger partial charge in [0.1, 0.15) is 0 Å². The number of halogens is 1. The van der Waals surface area contributed by atoms with E-state index in [1.54, 1.807) is 0 Å². The van der Waals surface area contributed by atoms with Crippen molar-refractivity contribution in [3.63, 3.8) is 0 Å². The van der Waals surface area contributed by atoms with Gasteiger partial charge in [-0.05, 0) is 60.4 Å². The molecular formula is C21H35FO2Si. The van der Waals surface area contributed by atoms with Gasteiger partial charge in [0, 0.05) is 6.61 Å². The highest BCUT2D eigenvalue weighted by Gasteiger charge is 2.37. The number of hydrogen-bond donors (Lipinski definition) is 0. The Balaban J connectivity index is 1.92. The van der Waals surface area contributed by atoms with Gasteiger partial charge in [0.2, 0.25) is 0 Å². The van der Waals surface area contributed by atoms with Crippen LogP contribution in [0.15, 0.2) is 24.3 Å². The van der Waals surface area contributed by atoms with Crippen LogP contribution < -0.4 is 5.19 Å². The Morgan fingerprint density at radius 3 is 2.24 bits per heavy atom. The average molecular weight is 367 g/mol. The van der Waals surface area contributed by atoms with Gasteiger partial charge in [-0.1, -0.05) is 52.0 Å². The summed E-state index contributed by atoms with van der Waals surface area (Å²) < 4.78 is 27.1. The fourth-order valence-corrected chi connectivity index (χ4v) is 7.72. The minimum Gasteiger partial charge on any atom is -0.353 e. The van der Waals surface area contributed by atoms with Crippen LogP contribution in [0.3, 0.4) is 0 Å². The van der Waals surface area contributed by atoms with Gasteiger partial charge in [0.05, 0.1) is 6.61 Å². The predicted octanol–water partition coefficient (Wildman–Crippen LogP) is 5.21. The van der Waals surface area contributed by atoms with Crippen LogP contribution in [0.25, 0.3) is 0 Å². The predicted molar refractivity (Wildman–Crippen MR) is 105 cm³/mol. The number of benzene rings is 1. The molecule has 1 aliphatic rings. The lowest BCUT2D eigenvalue weighted by atomic mass is 10.1. The molecule has 0 radical (unpaired) electrons. The van der Waals surface area contributed by atoms with Gasteiger partial charge in [-0.15, -0.1) is 0 Å². The van der Waals surface area contributed by atoms with Crippen LogP contribution in [0.5, 0.6) is 0 Å². The second-order valence-corrected chi connectivity index (χ2v) is 11.6. The highest BCUT2D eigenvalue weighted by Crippen LogP contribution is 2.26. The van der Waals surface area contributed by atoms with E-state index in [2.05, 4.69) is 39.8 Å². The highest BCUT2D eigenvalue weighted by molar-refractivity contribution is 6.86. The molecule has 0 spiro atoms. The summed E-state index contributed by atoms with van der Waals surface area (Å²) in [6.45, 7) is 9.98. The number of hydrogen-bond acceptors (Lipinski definition) is 2. The van der Waals surface area contributed by atoms with Crippen LogP contribution in [-0.2, 0) is 15.9 Å². The molecule has 2 nitrogen and oxygen atoms in total. The van der Waals surface area contributed by atoms with Crippen molar-refractivity contribution in [2.24, 2.45) is 11.8 Å². The quantitative estimate of drug-likeness (QED) is 0.441. The molecule has 4 heteroatoms. The van der Waals surface area contributed by atoms with Crippen LogP contribution in [0.2, 0.25) is 12.1 Å². The van der Waals surface area contributed by atoms with Crippen LogP contribution in [0.4, 0.5) is 4.11 Å². The largest absolute Gasteiger partial charge is 0.353 e. The zero-order chi connectivity index (χ0) is 18.3. The monoisotopic (exact) mass is 366 g/mol. The topological polar surface area (TPSA) is 18.5 Å². The maximum absolute atomic E-state index is 15.7. The molecule has 1 aromatic rings. The van der Waals surface area contributed by atoms with Gasteiger partial charge >= 0.3 is 0 Å². The summed E-state index contributed by atoms with van der Waals surface area (Å²) in [4.78, 5) is 0. The third kappa shape index (κ3) is 6.84. The minimum absolute atomic E-state index is 0.0315. The molecular weight excluding hydrogens is 331 g/mol. The van der Waals surface area contributed by atoms with E-state index in [9.17, 15) is 0 Å². The Morgan fingerprint density at radius 2 is 1.72 bits per heavy atom. The molecule has 0 aliphatic carbocycles. The zero-order valence-corrected chi connectivity index (χ0v) is 17.4. The molecule has 1 aromatic carbocycles. The van der Waals surface area contributed by atoms with E-state index in [0.29, 0.717) is 30.5 Å². The smallest absolute Gasteiger partial charge is 0.278 e. The molecule has 142 valence electrons. The summed E-state index contributed by atoms with van der Waals surface area (Å²) in [5.41, 5.74) is 1.21. The molecule has 1 saturated heterocycles. The van der Waals surface area contributed by atoms with Crippen molar-refractivity contribution < 1.29 is 13.6 Å². The molecule has 1 aliphatic heterocycles. The van der Waals surface area contributed by atoms with Gasteiger partial charge < -0.3 is 13.6 Å². The molecule has 2 rings (SSSR count). The summed E-state index contributed by atoms with van der Waals surface area (Å²) in [6.07, 6.45) is 4.15. The lowest BCUT2D eigenvalue weighted by Crippen LogP contribution is -2.45. The first kappa shape index (κ1) is 20.6. The normalized spacial score (nSPS) is 18.9. The third-order valence-electron chi connectivity index (χ3n) is 4.77. The van der Waals surface area contributed by atoms with E-state index >= 15 is 4.11 Å². The maximum atomic E-state index is 15.7. The fraction of sp³-hybridized carbons (Fsp3) is 0.714. The molecule has 25 heavy (non-hydrogen) atoms. The van der Waals surface area contributed by atoms with Crippen molar-refractivity contribution in [1.82, 2.24) is 0 Å². The second kappa shape index (κ2) is 9.84. The Hall–Kier alpha value is -0.713. The van der Waals surface area contributed by atoms with Gasteiger partial charge in [0.15, 0.2) is 6.29 Å². The molecule has 1 fully saturated rings. The van der Waals surface area contributed by atoms with Crippen molar-refractivity contribution in [1.29, 1.82) is 0 Å². The summed E-state index contributed by atoms with van der Waals surface area (Å²) in [7, 11) is -2.88. The maximum Gasteiger partial charge on any atom is 0.278 e. The SMILES string of the molecule is CC(C)C[Si](F)(CC(C)C)c1ccc(CCOC2CCCCO2)cc1. The van der Waals surface area contributed by atoms with Crippen molar-refractivity contribution >= 4 is 13.6 Å². The molecule has 0 bridgehead atoms. The minimum atomic E-state index is -2.88. The van der Waals surface area contributed by atoms with Gasteiger partial charge in [-0.3, -0.25) is 0 Å². The highest BCUT2D eigenvalue weighted by atomic mass is 28.4. The molecule has 0 aromatic heterocycles. The molecule has 0 saturated carbocycles. The van der Waals surface area contributed by atoms with Gasteiger partial charge in [-0.2, -0.15) is 0 Å². The van der Waals surface area contributed by atoms with Crippen molar-refractivity contribution in [3.05, 3.63) is 29.8 Å².